The van der Waals surface area contributed by atoms with Gasteiger partial charge in [-0.25, -0.2) is 0 Å². The van der Waals surface area contributed by atoms with Gasteiger partial charge in [0.2, 0.25) is 17.8 Å². The van der Waals surface area contributed by atoms with Crippen molar-refractivity contribution in [3.8, 4) is 0 Å². The standard InChI is InChI=1S/C12H24N6S/c1-6-7-13-10-14-11(17(2)3)16-12(15-10)18(4)8-9-19-5/h6-9H2,1-5H3,(H,13,14,15,16). The van der Waals surface area contributed by atoms with Crippen LogP contribution in [0.4, 0.5) is 17.8 Å². The number of thioether (sulfide) groups is 1. The van der Waals surface area contributed by atoms with Crippen LogP contribution >= 0.6 is 11.8 Å². The lowest BCUT2D eigenvalue weighted by Crippen LogP contribution is -2.25. The maximum atomic E-state index is 4.47. The summed E-state index contributed by atoms with van der Waals surface area (Å²) in [4.78, 5) is 17.3. The zero-order chi connectivity index (χ0) is 14.3. The van der Waals surface area contributed by atoms with E-state index in [0.717, 1.165) is 25.3 Å². The molecule has 19 heavy (non-hydrogen) atoms. The molecule has 0 radical (unpaired) electrons. The second-order valence-corrected chi connectivity index (χ2v) is 5.48. The van der Waals surface area contributed by atoms with Crippen molar-refractivity contribution in [3.63, 3.8) is 0 Å². The van der Waals surface area contributed by atoms with Gasteiger partial charge in [-0.15, -0.1) is 0 Å². The van der Waals surface area contributed by atoms with Crippen molar-refractivity contribution in [2.24, 2.45) is 0 Å². The molecule has 1 aromatic rings. The van der Waals surface area contributed by atoms with Crippen LogP contribution in [0.25, 0.3) is 0 Å². The third-order valence-corrected chi connectivity index (χ3v) is 3.11. The monoisotopic (exact) mass is 284 g/mol. The van der Waals surface area contributed by atoms with Crippen molar-refractivity contribution in [1.29, 1.82) is 0 Å². The highest BCUT2D eigenvalue weighted by Crippen LogP contribution is 2.14. The molecule has 0 bridgehead atoms. The smallest absolute Gasteiger partial charge is 0.231 e. The van der Waals surface area contributed by atoms with E-state index in [1.807, 2.05) is 37.8 Å². The summed E-state index contributed by atoms with van der Waals surface area (Å²) in [5.41, 5.74) is 0. The molecule has 0 spiro atoms. The van der Waals surface area contributed by atoms with Crippen LogP contribution in [-0.4, -0.2) is 61.2 Å². The Hall–Kier alpha value is -1.24. The largest absolute Gasteiger partial charge is 0.354 e. The Labute approximate surface area is 120 Å². The zero-order valence-electron chi connectivity index (χ0n) is 12.5. The summed E-state index contributed by atoms with van der Waals surface area (Å²) in [6.07, 6.45) is 3.14. The molecule has 0 aliphatic carbocycles. The van der Waals surface area contributed by atoms with Gasteiger partial charge in [0.1, 0.15) is 0 Å². The van der Waals surface area contributed by atoms with Crippen molar-refractivity contribution >= 4 is 29.6 Å². The van der Waals surface area contributed by atoms with Crippen LogP contribution in [0.15, 0.2) is 0 Å². The number of nitrogens with zero attached hydrogens (tertiary/aromatic N) is 5. The molecule has 0 aliphatic rings. The quantitative estimate of drug-likeness (QED) is 0.777. The van der Waals surface area contributed by atoms with Crippen LogP contribution in [0.2, 0.25) is 0 Å². The molecule has 108 valence electrons. The summed E-state index contributed by atoms with van der Waals surface area (Å²) in [6.45, 7) is 3.91. The molecule has 0 aromatic carbocycles. The van der Waals surface area contributed by atoms with Crippen LogP contribution in [-0.2, 0) is 0 Å². The minimum absolute atomic E-state index is 0.645. The van der Waals surface area contributed by atoms with Crippen LogP contribution in [0, 0.1) is 0 Å². The van der Waals surface area contributed by atoms with E-state index in [2.05, 4.69) is 38.3 Å². The van der Waals surface area contributed by atoms with Gasteiger partial charge in [0.15, 0.2) is 0 Å². The fourth-order valence-corrected chi connectivity index (χ4v) is 1.83. The summed E-state index contributed by atoms with van der Waals surface area (Å²) >= 11 is 1.81. The Bertz CT molecular complexity index is 384. The lowest BCUT2D eigenvalue weighted by Gasteiger charge is -2.19. The lowest BCUT2D eigenvalue weighted by molar-refractivity contribution is 0.862. The minimum Gasteiger partial charge on any atom is -0.354 e. The first-order valence-electron chi connectivity index (χ1n) is 6.45. The number of rotatable bonds is 8. The molecule has 1 N–H and O–H groups in total. The van der Waals surface area contributed by atoms with Gasteiger partial charge in [0, 0.05) is 40.0 Å². The molecule has 1 rings (SSSR count). The van der Waals surface area contributed by atoms with Crippen molar-refractivity contribution in [3.05, 3.63) is 0 Å². The molecule has 0 unspecified atom stereocenters. The highest BCUT2D eigenvalue weighted by Gasteiger charge is 2.11. The summed E-state index contributed by atoms with van der Waals surface area (Å²) in [5.74, 6) is 3.09. The van der Waals surface area contributed by atoms with Crippen LogP contribution in [0.5, 0.6) is 0 Å². The Balaban J connectivity index is 2.91. The minimum atomic E-state index is 0.645. The number of anilines is 3. The predicted octanol–water partition coefficient (Wildman–Crippen LogP) is 1.56. The Morgan fingerprint density at radius 3 is 2.37 bits per heavy atom. The first kappa shape index (κ1) is 15.8. The Morgan fingerprint density at radius 1 is 1.11 bits per heavy atom. The summed E-state index contributed by atoms with van der Waals surface area (Å²) < 4.78 is 0. The fourth-order valence-electron chi connectivity index (χ4n) is 1.37. The second-order valence-electron chi connectivity index (χ2n) is 4.49. The van der Waals surface area contributed by atoms with Crippen molar-refractivity contribution in [2.45, 2.75) is 13.3 Å². The van der Waals surface area contributed by atoms with Gasteiger partial charge in [0.25, 0.3) is 0 Å². The maximum Gasteiger partial charge on any atom is 0.231 e. The summed E-state index contributed by atoms with van der Waals surface area (Å²) in [5, 5.41) is 3.22. The zero-order valence-corrected chi connectivity index (χ0v) is 13.3. The molecule has 0 atom stereocenters. The van der Waals surface area contributed by atoms with Crippen molar-refractivity contribution in [1.82, 2.24) is 15.0 Å². The molecule has 0 fully saturated rings. The maximum absolute atomic E-state index is 4.47. The summed E-state index contributed by atoms with van der Waals surface area (Å²) in [6, 6.07) is 0. The van der Waals surface area contributed by atoms with E-state index in [0.29, 0.717) is 17.8 Å². The highest BCUT2D eigenvalue weighted by molar-refractivity contribution is 7.98. The van der Waals surface area contributed by atoms with Crippen molar-refractivity contribution < 1.29 is 0 Å². The van der Waals surface area contributed by atoms with Gasteiger partial charge in [-0.3, -0.25) is 0 Å². The van der Waals surface area contributed by atoms with E-state index >= 15 is 0 Å². The lowest BCUT2D eigenvalue weighted by atomic mass is 10.5. The van der Waals surface area contributed by atoms with E-state index in [4.69, 9.17) is 0 Å². The molecule has 1 heterocycles. The average molecular weight is 284 g/mol. The fraction of sp³-hybridized carbons (Fsp3) is 0.750. The van der Waals surface area contributed by atoms with Crippen LogP contribution in [0.1, 0.15) is 13.3 Å². The SMILES string of the molecule is CCCNc1nc(N(C)C)nc(N(C)CCSC)n1. The Morgan fingerprint density at radius 2 is 1.79 bits per heavy atom. The first-order valence-corrected chi connectivity index (χ1v) is 7.85. The van der Waals surface area contributed by atoms with E-state index in [9.17, 15) is 0 Å². The number of nitrogens with one attached hydrogen (secondary N) is 1. The number of hydrogen-bond donors (Lipinski definition) is 1. The molecule has 0 aliphatic heterocycles. The van der Waals surface area contributed by atoms with Gasteiger partial charge in [-0.05, 0) is 12.7 Å². The molecular formula is C12H24N6S. The first-order chi connectivity index (χ1) is 9.08. The van der Waals surface area contributed by atoms with Crippen molar-refractivity contribution in [2.75, 3.05) is 61.4 Å². The van der Waals surface area contributed by atoms with Gasteiger partial charge >= 0.3 is 0 Å². The van der Waals surface area contributed by atoms with Crippen LogP contribution < -0.4 is 15.1 Å². The van der Waals surface area contributed by atoms with E-state index in [1.165, 1.54) is 0 Å². The second kappa shape index (κ2) is 8.04. The molecular weight excluding hydrogens is 260 g/mol. The molecule has 0 saturated carbocycles. The van der Waals surface area contributed by atoms with Gasteiger partial charge in [0.05, 0.1) is 0 Å². The molecule has 0 saturated heterocycles. The molecule has 6 nitrogen and oxygen atoms in total. The normalized spacial score (nSPS) is 10.4. The van der Waals surface area contributed by atoms with E-state index in [-0.39, 0.29) is 0 Å². The average Bonchev–Trinajstić information content (AvgIpc) is 2.42. The summed E-state index contributed by atoms with van der Waals surface area (Å²) in [7, 11) is 5.88. The molecule has 0 amide bonds. The van der Waals surface area contributed by atoms with Crippen LogP contribution in [0.3, 0.4) is 0 Å². The molecule has 7 heteroatoms. The van der Waals surface area contributed by atoms with E-state index < -0.39 is 0 Å². The van der Waals surface area contributed by atoms with Gasteiger partial charge in [-0.1, -0.05) is 6.92 Å². The highest BCUT2D eigenvalue weighted by atomic mass is 32.2. The Kier molecular flexibility index (Phi) is 6.69. The third kappa shape index (κ3) is 5.10. The van der Waals surface area contributed by atoms with Gasteiger partial charge < -0.3 is 15.1 Å². The topological polar surface area (TPSA) is 57.2 Å². The predicted molar refractivity (Wildman–Crippen MR) is 84.6 cm³/mol. The number of hydrogen-bond acceptors (Lipinski definition) is 7. The molecule has 1 aromatic heterocycles. The van der Waals surface area contributed by atoms with Gasteiger partial charge in [-0.2, -0.15) is 26.7 Å². The number of aromatic nitrogens is 3. The third-order valence-electron chi connectivity index (χ3n) is 2.52. The van der Waals surface area contributed by atoms with E-state index in [1.54, 1.807) is 0 Å².